The van der Waals surface area contributed by atoms with Crippen molar-refractivity contribution in [2.24, 2.45) is 0 Å². The average Bonchev–Trinajstić information content (AvgIpc) is 2.40. The molecule has 110 valence electrons. The second-order valence-electron chi connectivity index (χ2n) is 4.38. The Morgan fingerprint density at radius 2 is 1.62 bits per heavy atom. The van der Waals surface area contributed by atoms with E-state index in [1.54, 1.807) is 0 Å². The number of halogens is 4. The number of carbonyl (C=O) groups excluding carboxylic acids is 1. The monoisotopic (exact) mass is 357 g/mol. The lowest BCUT2D eigenvalue weighted by Crippen LogP contribution is -2.27. The second kappa shape index (κ2) is 6.76. The maximum atomic E-state index is 13.4. The molecular formula is C15H11BrF3NO. The van der Waals surface area contributed by atoms with E-state index in [0.29, 0.717) is 18.6 Å². The Kier molecular flexibility index (Phi) is 5.01. The van der Waals surface area contributed by atoms with Crippen molar-refractivity contribution < 1.29 is 18.0 Å². The average molecular weight is 358 g/mol. The molecule has 0 saturated heterocycles. The molecule has 2 nitrogen and oxygen atoms in total. The number of hydrogen-bond acceptors (Lipinski definition) is 1. The van der Waals surface area contributed by atoms with Gasteiger partial charge in [-0.3, -0.25) is 4.79 Å². The molecule has 0 aliphatic rings. The first-order valence-electron chi connectivity index (χ1n) is 6.14. The van der Waals surface area contributed by atoms with Crippen LogP contribution in [0.5, 0.6) is 0 Å². The zero-order chi connectivity index (χ0) is 15.4. The van der Waals surface area contributed by atoms with E-state index in [4.69, 9.17) is 0 Å². The second-order valence-corrected chi connectivity index (χ2v) is 5.29. The lowest BCUT2D eigenvalue weighted by atomic mass is 10.1. The summed E-state index contributed by atoms with van der Waals surface area (Å²) in [7, 11) is 0. The molecule has 0 bridgehead atoms. The first kappa shape index (κ1) is 15.6. The number of nitrogens with one attached hydrogen (secondary N) is 1. The van der Waals surface area contributed by atoms with Crippen molar-refractivity contribution in [1.82, 2.24) is 5.32 Å². The molecule has 6 heteroatoms. The predicted octanol–water partition coefficient (Wildman–Crippen LogP) is 3.84. The minimum atomic E-state index is -1.21. The molecule has 0 heterocycles. The van der Waals surface area contributed by atoms with Crippen LogP contribution >= 0.6 is 15.9 Å². The molecule has 0 saturated carbocycles. The molecule has 1 amide bonds. The molecule has 0 fully saturated rings. The normalized spacial score (nSPS) is 10.5. The van der Waals surface area contributed by atoms with E-state index < -0.39 is 28.9 Å². The van der Waals surface area contributed by atoms with Gasteiger partial charge in [0.05, 0.1) is 0 Å². The van der Waals surface area contributed by atoms with Gasteiger partial charge < -0.3 is 5.32 Å². The lowest BCUT2D eigenvalue weighted by molar-refractivity contribution is 0.0945. The highest BCUT2D eigenvalue weighted by atomic mass is 79.9. The van der Waals surface area contributed by atoms with Gasteiger partial charge in [-0.25, -0.2) is 13.2 Å². The SMILES string of the molecule is O=C(NCCc1ccc(Br)cc1)c1c(F)cc(F)cc1F. The van der Waals surface area contributed by atoms with E-state index in [2.05, 4.69) is 21.2 Å². The van der Waals surface area contributed by atoms with Gasteiger partial charge in [-0.05, 0) is 24.1 Å². The minimum Gasteiger partial charge on any atom is -0.352 e. The molecule has 0 radical (unpaired) electrons. The fraction of sp³-hybridized carbons (Fsp3) is 0.133. The standard InChI is InChI=1S/C15H11BrF3NO/c16-10-3-1-9(2-4-10)5-6-20-15(21)14-12(18)7-11(17)8-13(14)19/h1-4,7-8H,5-6H2,(H,20,21). The topological polar surface area (TPSA) is 29.1 Å². The highest BCUT2D eigenvalue weighted by Crippen LogP contribution is 2.15. The molecule has 2 rings (SSSR count). The van der Waals surface area contributed by atoms with Crippen LogP contribution in [0, 0.1) is 17.5 Å². The van der Waals surface area contributed by atoms with Crippen LogP contribution < -0.4 is 5.32 Å². The maximum Gasteiger partial charge on any atom is 0.257 e. The molecule has 1 N–H and O–H groups in total. The first-order chi connectivity index (χ1) is 9.97. The highest BCUT2D eigenvalue weighted by Gasteiger charge is 2.18. The molecule has 0 atom stereocenters. The molecule has 0 spiro atoms. The molecule has 0 aromatic heterocycles. The third-order valence-corrected chi connectivity index (χ3v) is 3.38. The summed E-state index contributed by atoms with van der Waals surface area (Å²) in [6.07, 6.45) is 0.517. The summed E-state index contributed by atoms with van der Waals surface area (Å²) in [4.78, 5) is 11.7. The number of hydrogen-bond donors (Lipinski definition) is 1. The van der Waals surface area contributed by atoms with Gasteiger partial charge in [0, 0.05) is 23.2 Å². The largest absolute Gasteiger partial charge is 0.352 e. The van der Waals surface area contributed by atoms with Crippen molar-refractivity contribution in [2.75, 3.05) is 6.54 Å². The Hall–Kier alpha value is -1.82. The van der Waals surface area contributed by atoms with Gasteiger partial charge in [0.1, 0.15) is 23.0 Å². The van der Waals surface area contributed by atoms with Crippen molar-refractivity contribution in [3.63, 3.8) is 0 Å². The maximum absolute atomic E-state index is 13.4. The summed E-state index contributed by atoms with van der Waals surface area (Å²) in [6, 6.07) is 8.41. The van der Waals surface area contributed by atoms with Crippen molar-refractivity contribution in [2.45, 2.75) is 6.42 Å². The van der Waals surface area contributed by atoms with Crippen LogP contribution in [0.3, 0.4) is 0 Å². The summed E-state index contributed by atoms with van der Waals surface area (Å²) >= 11 is 3.31. The van der Waals surface area contributed by atoms with Gasteiger partial charge in [-0.15, -0.1) is 0 Å². The van der Waals surface area contributed by atoms with Crippen LogP contribution in [-0.2, 0) is 6.42 Å². The zero-order valence-corrected chi connectivity index (χ0v) is 12.4. The molecule has 0 unspecified atom stereocenters. The van der Waals surface area contributed by atoms with Crippen molar-refractivity contribution in [3.8, 4) is 0 Å². The predicted molar refractivity (Wildman–Crippen MR) is 76.5 cm³/mol. The van der Waals surface area contributed by atoms with Crippen LogP contribution in [0.15, 0.2) is 40.9 Å². The van der Waals surface area contributed by atoms with E-state index >= 15 is 0 Å². The Bertz CT molecular complexity index is 635. The van der Waals surface area contributed by atoms with Crippen molar-refractivity contribution >= 4 is 21.8 Å². The van der Waals surface area contributed by atoms with Gasteiger partial charge in [0.25, 0.3) is 5.91 Å². The Balaban J connectivity index is 1.98. The number of rotatable bonds is 4. The molecule has 0 aliphatic heterocycles. The first-order valence-corrected chi connectivity index (χ1v) is 6.94. The van der Waals surface area contributed by atoms with E-state index in [-0.39, 0.29) is 6.54 Å². The van der Waals surface area contributed by atoms with Crippen molar-refractivity contribution in [3.05, 3.63) is 69.4 Å². The summed E-state index contributed by atoms with van der Waals surface area (Å²) < 4.78 is 40.5. The van der Waals surface area contributed by atoms with Gasteiger partial charge in [0.15, 0.2) is 0 Å². The van der Waals surface area contributed by atoms with Crippen LogP contribution in [0.4, 0.5) is 13.2 Å². The van der Waals surface area contributed by atoms with E-state index in [0.717, 1.165) is 10.0 Å². The fourth-order valence-electron chi connectivity index (χ4n) is 1.82. The number of benzene rings is 2. The van der Waals surface area contributed by atoms with Crippen LogP contribution in [0.2, 0.25) is 0 Å². The lowest BCUT2D eigenvalue weighted by Gasteiger charge is -2.07. The van der Waals surface area contributed by atoms with Crippen LogP contribution in [0.1, 0.15) is 15.9 Å². The molecule has 21 heavy (non-hydrogen) atoms. The molecule has 2 aromatic carbocycles. The number of amides is 1. The van der Waals surface area contributed by atoms with E-state index in [1.807, 2.05) is 24.3 Å². The third kappa shape index (κ3) is 4.07. The van der Waals surface area contributed by atoms with Gasteiger partial charge >= 0.3 is 0 Å². The third-order valence-electron chi connectivity index (χ3n) is 2.85. The fourth-order valence-corrected chi connectivity index (χ4v) is 2.08. The summed E-state index contributed by atoms with van der Waals surface area (Å²) in [5.74, 6) is -4.39. The molecule has 0 aliphatic carbocycles. The molecular weight excluding hydrogens is 347 g/mol. The summed E-state index contributed by atoms with van der Waals surface area (Å²) in [5, 5.41) is 2.41. The van der Waals surface area contributed by atoms with E-state index in [9.17, 15) is 18.0 Å². The van der Waals surface area contributed by atoms with Gasteiger partial charge in [-0.2, -0.15) is 0 Å². The Morgan fingerprint density at radius 1 is 1.05 bits per heavy atom. The number of carbonyl (C=O) groups is 1. The smallest absolute Gasteiger partial charge is 0.257 e. The zero-order valence-electron chi connectivity index (χ0n) is 10.8. The summed E-state index contributed by atoms with van der Waals surface area (Å²) in [6.45, 7) is 0.219. The summed E-state index contributed by atoms with van der Waals surface area (Å²) in [5.41, 5.74) is 0.200. The Labute approximate surface area is 128 Å². The van der Waals surface area contributed by atoms with Gasteiger partial charge in [-0.1, -0.05) is 28.1 Å². The van der Waals surface area contributed by atoms with E-state index in [1.165, 1.54) is 0 Å². The molecule has 2 aromatic rings. The Morgan fingerprint density at radius 3 is 2.19 bits per heavy atom. The van der Waals surface area contributed by atoms with Gasteiger partial charge in [0.2, 0.25) is 0 Å². The highest BCUT2D eigenvalue weighted by molar-refractivity contribution is 9.10. The van der Waals surface area contributed by atoms with Crippen LogP contribution in [-0.4, -0.2) is 12.5 Å². The quantitative estimate of drug-likeness (QED) is 0.884. The van der Waals surface area contributed by atoms with Crippen molar-refractivity contribution in [1.29, 1.82) is 0 Å². The minimum absolute atomic E-state index is 0.219. The van der Waals surface area contributed by atoms with Crippen LogP contribution in [0.25, 0.3) is 0 Å².